The zero-order valence-electron chi connectivity index (χ0n) is 16.8. The fourth-order valence-electron chi connectivity index (χ4n) is 4.40. The first-order chi connectivity index (χ1) is 14.3. The van der Waals surface area contributed by atoms with Crippen molar-refractivity contribution in [3.63, 3.8) is 0 Å². The summed E-state index contributed by atoms with van der Waals surface area (Å²) in [7, 11) is 0. The largest absolute Gasteiger partial charge is 0.487 e. The Balaban J connectivity index is 1.47. The van der Waals surface area contributed by atoms with Crippen LogP contribution in [0.15, 0.2) is 72.8 Å². The average Bonchev–Trinajstić information content (AvgIpc) is 2.77. The lowest BCUT2D eigenvalue weighted by molar-refractivity contribution is 0.311. The third-order valence-corrected chi connectivity index (χ3v) is 6.03. The molecule has 0 N–H and O–H groups in total. The van der Waals surface area contributed by atoms with E-state index in [4.69, 9.17) is 9.72 Å². The van der Waals surface area contributed by atoms with E-state index in [-0.39, 0.29) is 0 Å². The highest BCUT2D eigenvalue weighted by Crippen LogP contribution is 2.30. The van der Waals surface area contributed by atoms with Crippen molar-refractivity contribution in [1.82, 2.24) is 4.98 Å². The molecule has 1 atom stereocenters. The quantitative estimate of drug-likeness (QED) is 0.411. The molecule has 0 aliphatic carbocycles. The zero-order valence-corrected chi connectivity index (χ0v) is 16.8. The number of pyridine rings is 1. The van der Waals surface area contributed by atoms with Crippen LogP contribution in [0, 0.1) is 0 Å². The molecule has 29 heavy (non-hydrogen) atoms. The number of hydrogen-bond donors (Lipinski definition) is 0. The number of para-hydroxylation sites is 1. The second-order valence-electron chi connectivity index (χ2n) is 7.96. The van der Waals surface area contributed by atoms with Crippen molar-refractivity contribution in [2.24, 2.45) is 0 Å². The van der Waals surface area contributed by atoms with Gasteiger partial charge in [0.25, 0.3) is 0 Å². The summed E-state index contributed by atoms with van der Waals surface area (Å²) in [5.41, 5.74) is 2.14. The van der Waals surface area contributed by atoms with Gasteiger partial charge in [-0.25, -0.2) is 4.98 Å². The fourth-order valence-corrected chi connectivity index (χ4v) is 4.40. The number of piperidine rings is 1. The number of aromatic nitrogens is 1. The Morgan fingerprint density at radius 3 is 2.66 bits per heavy atom. The zero-order chi connectivity index (χ0) is 19.6. The molecule has 146 valence electrons. The van der Waals surface area contributed by atoms with Crippen molar-refractivity contribution >= 4 is 27.5 Å². The van der Waals surface area contributed by atoms with E-state index in [1.807, 2.05) is 12.1 Å². The Morgan fingerprint density at radius 2 is 1.72 bits per heavy atom. The van der Waals surface area contributed by atoms with Crippen LogP contribution < -0.4 is 9.64 Å². The first kappa shape index (κ1) is 18.0. The van der Waals surface area contributed by atoms with Crippen LogP contribution in [0.1, 0.15) is 31.7 Å². The van der Waals surface area contributed by atoms with Gasteiger partial charge >= 0.3 is 0 Å². The van der Waals surface area contributed by atoms with Crippen molar-refractivity contribution in [2.75, 3.05) is 11.4 Å². The number of nitrogens with zero attached hydrogens (tertiary/aromatic N) is 2. The van der Waals surface area contributed by atoms with E-state index in [2.05, 4.69) is 72.5 Å². The smallest absolute Gasteiger partial charge is 0.146 e. The lowest BCUT2D eigenvalue weighted by Gasteiger charge is -2.34. The highest BCUT2D eigenvalue weighted by Gasteiger charge is 2.20. The van der Waals surface area contributed by atoms with E-state index in [1.165, 1.54) is 35.6 Å². The number of benzene rings is 3. The predicted molar refractivity (Wildman–Crippen MR) is 121 cm³/mol. The van der Waals surface area contributed by atoms with Gasteiger partial charge in [-0.05, 0) is 60.7 Å². The summed E-state index contributed by atoms with van der Waals surface area (Å²) >= 11 is 0. The minimum absolute atomic E-state index is 0.534. The molecule has 0 saturated carbocycles. The van der Waals surface area contributed by atoms with Gasteiger partial charge in [0.05, 0.1) is 0 Å². The summed E-state index contributed by atoms with van der Waals surface area (Å²) < 4.78 is 6.30. The van der Waals surface area contributed by atoms with E-state index >= 15 is 0 Å². The summed E-state index contributed by atoms with van der Waals surface area (Å²) in [5.74, 6) is 1.91. The van der Waals surface area contributed by atoms with Gasteiger partial charge in [0, 0.05) is 18.0 Å². The molecule has 0 amide bonds. The Morgan fingerprint density at radius 1 is 0.897 bits per heavy atom. The summed E-state index contributed by atoms with van der Waals surface area (Å²) in [5, 5.41) is 3.60. The monoisotopic (exact) mass is 382 g/mol. The molecule has 5 rings (SSSR count). The molecule has 1 aliphatic rings. The number of rotatable bonds is 4. The Kier molecular flexibility index (Phi) is 4.81. The molecule has 0 bridgehead atoms. The van der Waals surface area contributed by atoms with Crippen LogP contribution in [-0.4, -0.2) is 17.6 Å². The molecule has 3 aromatic carbocycles. The van der Waals surface area contributed by atoms with Crippen LogP contribution >= 0.6 is 0 Å². The van der Waals surface area contributed by atoms with Gasteiger partial charge in [0.15, 0.2) is 0 Å². The van der Waals surface area contributed by atoms with Crippen molar-refractivity contribution in [3.05, 3.63) is 78.4 Å². The molecule has 1 aromatic heterocycles. The van der Waals surface area contributed by atoms with E-state index in [1.54, 1.807) is 0 Å². The Hall–Kier alpha value is -3.07. The van der Waals surface area contributed by atoms with Gasteiger partial charge < -0.3 is 9.64 Å². The molecule has 0 spiro atoms. The van der Waals surface area contributed by atoms with Crippen molar-refractivity contribution in [1.29, 1.82) is 0 Å². The van der Waals surface area contributed by atoms with Crippen LogP contribution in [0.4, 0.5) is 5.82 Å². The number of ether oxygens (including phenoxy) is 1. The number of fused-ring (bicyclic) bond motifs is 2. The molecule has 2 heterocycles. The Labute approximate surface area is 171 Å². The van der Waals surface area contributed by atoms with Crippen molar-refractivity contribution < 1.29 is 4.74 Å². The van der Waals surface area contributed by atoms with Crippen LogP contribution in [0.5, 0.6) is 5.75 Å². The average molecular weight is 383 g/mol. The molecule has 1 saturated heterocycles. The maximum atomic E-state index is 6.30. The van der Waals surface area contributed by atoms with Crippen LogP contribution in [0.3, 0.4) is 0 Å². The SMILES string of the molecule is CC1CCCCN1c1ccc2cccc(OCc3cccc4ccccc34)c2n1. The van der Waals surface area contributed by atoms with Crippen LogP contribution in [-0.2, 0) is 6.61 Å². The molecule has 1 aliphatic heterocycles. The first-order valence-corrected chi connectivity index (χ1v) is 10.6. The minimum atomic E-state index is 0.534. The maximum absolute atomic E-state index is 6.30. The standard InChI is InChI=1S/C26H26N2O/c1-19-8-4-5-17-28(19)25-16-15-21-11-7-14-24(26(21)27-25)29-18-22-12-6-10-20-9-2-3-13-23(20)22/h2-3,6-7,9-16,19H,4-5,8,17-18H2,1H3. The topological polar surface area (TPSA) is 25.4 Å². The maximum Gasteiger partial charge on any atom is 0.146 e. The lowest BCUT2D eigenvalue weighted by Crippen LogP contribution is -2.37. The number of anilines is 1. The highest BCUT2D eigenvalue weighted by molar-refractivity contribution is 5.87. The second-order valence-corrected chi connectivity index (χ2v) is 7.96. The predicted octanol–water partition coefficient (Wildman–Crippen LogP) is 6.35. The molecule has 3 heteroatoms. The lowest BCUT2D eigenvalue weighted by atomic mass is 10.0. The first-order valence-electron chi connectivity index (χ1n) is 10.6. The molecular weight excluding hydrogens is 356 g/mol. The highest BCUT2D eigenvalue weighted by atomic mass is 16.5. The van der Waals surface area contributed by atoms with Gasteiger partial charge in [-0.2, -0.15) is 0 Å². The van der Waals surface area contributed by atoms with E-state index in [0.717, 1.165) is 29.0 Å². The normalized spacial score (nSPS) is 17.0. The summed E-state index contributed by atoms with van der Waals surface area (Å²) in [4.78, 5) is 7.46. The third-order valence-electron chi connectivity index (χ3n) is 6.03. The van der Waals surface area contributed by atoms with Crippen molar-refractivity contribution in [3.8, 4) is 5.75 Å². The minimum Gasteiger partial charge on any atom is -0.487 e. The van der Waals surface area contributed by atoms with Gasteiger partial charge in [-0.3, -0.25) is 0 Å². The molecular formula is C26H26N2O. The van der Waals surface area contributed by atoms with Gasteiger partial charge in [-0.15, -0.1) is 0 Å². The summed E-state index contributed by atoms with van der Waals surface area (Å²) in [6.07, 6.45) is 3.78. The molecule has 3 nitrogen and oxygen atoms in total. The van der Waals surface area contributed by atoms with E-state index in [9.17, 15) is 0 Å². The summed E-state index contributed by atoms with van der Waals surface area (Å²) in [6, 6.07) is 25.9. The fraction of sp³-hybridized carbons (Fsp3) is 0.269. The van der Waals surface area contributed by atoms with Gasteiger partial charge in [0.1, 0.15) is 23.7 Å². The molecule has 4 aromatic rings. The second kappa shape index (κ2) is 7.75. The third kappa shape index (κ3) is 3.53. The van der Waals surface area contributed by atoms with Gasteiger partial charge in [0.2, 0.25) is 0 Å². The van der Waals surface area contributed by atoms with Gasteiger partial charge in [-0.1, -0.05) is 54.6 Å². The summed E-state index contributed by atoms with van der Waals surface area (Å²) in [6.45, 7) is 3.92. The molecule has 1 unspecified atom stereocenters. The molecule has 1 fully saturated rings. The van der Waals surface area contributed by atoms with Crippen molar-refractivity contribution in [2.45, 2.75) is 38.8 Å². The van der Waals surface area contributed by atoms with Crippen LogP contribution in [0.25, 0.3) is 21.7 Å². The van der Waals surface area contributed by atoms with E-state index in [0.29, 0.717) is 12.6 Å². The molecule has 0 radical (unpaired) electrons. The Bertz CT molecular complexity index is 1150. The number of hydrogen-bond acceptors (Lipinski definition) is 3. The van der Waals surface area contributed by atoms with E-state index < -0.39 is 0 Å². The van der Waals surface area contributed by atoms with Crippen LogP contribution in [0.2, 0.25) is 0 Å².